The molecule has 0 radical (unpaired) electrons. The number of benzene rings is 1. The van der Waals surface area contributed by atoms with E-state index >= 15 is 0 Å². The fourth-order valence-corrected chi connectivity index (χ4v) is 13.7. The summed E-state index contributed by atoms with van der Waals surface area (Å²) < 4.78 is 0. The monoisotopic (exact) mass is 1570 g/mol. The van der Waals surface area contributed by atoms with Crippen LogP contribution in [-0.2, 0) is 73.5 Å². The summed E-state index contributed by atoms with van der Waals surface area (Å²) in [4.78, 5) is 198. The molecule has 4 saturated heterocycles. The van der Waals surface area contributed by atoms with Crippen LogP contribution in [-0.4, -0.2) is 382 Å². The zero-order valence-corrected chi connectivity index (χ0v) is 63.9. The smallest absolute Gasteiger partial charge is 0.317 e. The van der Waals surface area contributed by atoms with E-state index in [4.69, 9.17) is 0 Å². The second kappa shape index (κ2) is 48.2. The van der Waals surface area contributed by atoms with Gasteiger partial charge in [0.25, 0.3) is 0 Å². The number of hydrogen-bond donors (Lipinski definition) is 14. The van der Waals surface area contributed by atoms with Crippen LogP contribution < -0.4 is 37.2 Å². The highest BCUT2D eigenvalue weighted by molar-refractivity contribution is 5.92. The number of aryl methyl sites for hydroxylation is 1. The van der Waals surface area contributed by atoms with Crippen LogP contribution >= 0.6 is 0 Å². The zero-order valence-electron chi connectivity index (χ0n) is 63.9. The molecule has 4 aliphatic heterocycles. The van der Waals surface area contributed by atoms with Crippen molar-refractivity contribution in [3.63, 3.8) is 0 Å². The molecule has 0 spiro atoms. The van der Waals surface area contributed by atoms with Crippen LogP contribution in [0.4, 0.5) is 0 Å². The highest BCUT2D eigenvalue weighted by Gasteiger charge is 2.33. The summed E-state index contributed by atoms with van der Waals surface area (Å²) in [6.45, 7) is 3.70. The van der Waals surface area contributed by atoms with Gasteiger partial charge in [0.1, 0.15) is 6.04 Å². The summed E-state index contributed by atoms with van der Waals surface area (Å²) in [6, 6.07) is 4.58. The third-order valence-electron chi connectivity index (χ3n) is 20.2. The summed E-state index contributed by atoms with van der Waals surface area (Å²) in [6.07, 6.45) is 7.90. The number of carbonyl (C=O) groups excluding carboxylic acids is 7. The Bertz CT molecular complexity index is 3510. The van der Waals surface area contributed by atoms with E-state index in [9.17, 15) is 103 Å². The number of carboxylic acids is 7. The maximum atomic E-state index is 14.1. The summed E-state index contributed by atoms with van der Waals surface area (Å²) in [5, 5.41) is 87.1. The van der Waals surface area contributed by atoms with Crippen molar-refractivity contribution in [2.45, 2.75) is 95.8 Å². The Kier molecular flexibility index (Phi) is 39.1. The average molecular weight is 1570 g/mol. The molecule has 618 valence electrons. The van der Waals surface area contributed by atoms with Crippen molar-refractivity contribution in [1.29, 1.82) is 0 Å². The quantitative estimate of drug-likeness (QED) is 0.0227. The number of pyridine rings is 1. The Morgan fingerprint density at radius 2 is 0.946 bits per heavy atom. The molecule has 1 aromatic carbocycles. The van der Waals surface area contributed by atoms with Crippen LogP contribution in [0.1, 0.15) is 93.5 Å². The first-order chi connectivity index (χ1) is 53.4. The van der Waals surface area contributed by atoms with E-state index in [0.29, 0.717) is 61.3 Å². The number of amides is 7. The molecular weight excluding hydrogens is 1460 g/mol. The highest BCUT2D eigenvalue weighted by atomic mass is 16.4. The van der Waals surface area contributed by atoms with E-state index in [1.807, 2.05) is 12.1 Å². The number of piperidine rings is 2. The first kappa shape index (κ1) is 91.0. The minimum atomic E-state index is -1.47. The van der Waals surface area contributed by atoms with Crippen LogP contribution in [0.25, 0.3) is 0 Å². The summed E-state index contributed by atoms with van der Waals surface area (Å²) in [7, 11) is 0. The van der Waals surface area contributed by atoms with Gasteiger partial charge in [0, 0.05) is 161 Å². The standard InChI is InChI=1S/C74H111N17O21/c1-51(89-33-29-85(47-67(101)102)25-21-83(45-65(97)98)22-26-86(30-34-89)48-68(103)104)71(109)79-42-61(92)78-41-60(81-62(93)43-80-72(110)52(2)90-35-31-87(49-69(105)106)27-23-84(46-66(99)100)24-28-88(32-36-90)50-70(107)108)74(112)77-17-3-5-53-7-9-54(10-8-53)11-12-56-37-58(40-76-39-56)59(38-64(95)96)82-73(111)57-6-4-20-91(44-57)63(94)14-13-55-15-18-75-19-16-55/h7-10,37,39-40,51-52,55,57,59-60,75H,3-6,13-36,38,41-50H2,1-2H3,(H,77,112)(H,78,92)(H,79,109)(H,80,110)(H,81,93)(H,82,111)(H,95,96)(H,97,98)(H,99,100)(H,101,102)(H,103,104)(H,105,106)(H,107,108)/t51?,52?,57-,59+,60?/m1/s1. The zero-order chi connectivity index (χ0) is 81.7. The molecule has 2 aromatic rings. The van der Waals surface area contributed by atoms with Crippen molar-refractivity contribution in [2.24, 2.45) is 11.8 Å². The number of nitrogens with one attached hydrogen (secondary N) is 7. The number of nitrogens with zero attached hydrogens (tertiary/aromatic N) is 10. The van der Waals surface area contributed by atoms with Crippen LogP contribution in [0.5, 0.6) is 0 Å². The van der Waals surface area contributed by atoms with Crippen LogP contribution in [0, 0.1) is 23.7 Å². The van der Waals surface area contributed by atoms with Crippen molar-refractivity contribution in [3.8, 4) is 11.8 Å². The predicted molar refractivity (Wildman–Crippen MR) is 403 cm³/mol. The molecule has 3 unspecified atom stereocenters. The van der Waals surface area contributed by atoms with Crippen LogP contribution in [0.2, 0.25) is 0 Å². The Morgan fingerprint density at radius 3 is 1.40 bits per heavy atom. The Balaban J connectivity index is 1.09. The molecule has 5 atom stereocenters. The molecule has 14 N–H and O–H groups in total. The van der Waals surface area contributed by atoms with E-state index in [2.05, 4.69) is 54.0 Å². The number of hydrogen-bond acceptors (Lipinski definition) is 24. The van der Waals surface area contributed by atoms with E-state index in [1.165, 1.54) is 19.3 Å². The topological polar surface area (TPSA) is 507 Å². The van der Waals surface area contributed by atoms with Gasteiger partial charge in [-0.2, -0.15) is 0 Å². The number of carbonyl (C=O) groups is 14. The number of likely N-dealkylation sites (tertiary alicyclic amines) is 1. The fourth-order valence-electron chi connectivity index (χ4n) is 13.7. The van der Waals surface area contributed by atoms with Gasteiger partial charge in [-0.1, -0.05) is 24.0 Å². The molecule has 4 fully saturated rings. The number of carboxylic acid groups (broad SMARTS) is 7. The molecule has 0 bridgehead atoms. The van der Waals surface area contributed by atoms with Crippen LogP contribution in [0.15, 0.2) is 42.7 Å². The lowest BCUT2D eigenvalue weighted by atomic mass is 9.92. The Morgan fingerprint density at radius 1 is 0.500 bits per heavy atom. The second-order valence-corrected chi connectivity index (χ2v) is 28.7. The van der Waals surface area contributed by atoms with Gasteiger partial charge in [-0.15, -0.1) is 0 Å². The minimum Gasteiger partial charge on any atom is -0.481 e. The van der Waals surface area contributed by atoms with Crippen molar-refractivity contribution >= 4 is 83.1 Å². The largest absolute Gasteiger partial charge is 0.481 e. The molecular formula is C74H111N17O21. The lowest BCUT2D eigenvalue weighted by molar-refractivity contribution is -0.141. The third kappa shape index (κ3) is 34.8. The van der Waals surface area contributed by atoms with Crippen molar-refractivity contribution in [3.05, 3.63) is 65.0 Å². The molecule has 6 rings (SSSR count). The molecule has 7 amide bonds. The lowest BCUT2D eigenvalue weighted by Gasteiger charge is -2.35. The molecule has 1 aromatic heterocycles. The minimum absolute atomic E-state index is 0.0218. The Hall–Kier alpha value is -9.85. The van der Waals surface area contributed by atoms with Gasteiger partial charge in [0.05, 0.1) is 82.8 Å². The van der Waals surface area contributed by atoms with Gasteiger partial charge in [-0.25, -0.2) is 0 Å². The van der Waals surface area contributed by atoms with Gasteiger partial charge in [-0.3, -0.25) is 111 Å². The van der Waals surface area contributed by atoms with E-state index in [0.717, 1.165) is 37.9 Å². The molecule has 4 aliphatic rings. The maximum absolute atomic E-state index is 14.1. The predicted octanol–water partition coefficient (Wildman–Crippen LogP) is -4.26. The second-order valence-electron chi connectivity index (χ2n) is 28.7. The summed E-state index contributed by atoms with van der Waals surface area (Å²) in [5.74, 6) is -5.83. The van der Waals surface area contributed by atoms with Gasteiger partial charge < -0.3 is 77.9 Å². The third-order valence-corrected chi connectivity index (χ3v) is 20.2. The fraction of sp³-hybridized carbons (Fsp3) is 0.635. The number of rotatable bonds is 36. The molecule has 5 heterocycles. The van der Waals surface area contributed by atoms with Gasteiger partial charge in [-0.05, 0) is 107 Å². The van der Waals surface area contributed by atoms with Crippen LogP contribution in [0.3, 0.4) is 0 Å². The molecule has 0 saturated carbocycles. The average Bonchev–Trinajstić information content (AvgIpc) is 0.838. The number of aromatic nitrogens is 1. The lowest BCUT2D eigenvalue weighted by Crippen LogP contribution is -2.56. The van der Waals surface area contributed by atoms with E-state index < -0.39 is 154 Å². The molecule has 112 heavy (non-hydrogen) atoms. The number of aliphatic carboxylic acids is 7. The van der Waals surface area contributed by atoms with Gasteiger partial charge >= 0.3 is 41.8 Å². The first-order valence-corrected chi connectivity index (χ1v) is 38.0. The Labute approximate surface area is 650 Å². The van der Waals surface area contributed by atoms with Gasteiger partial charge in [0.2, 0.25) is 41.4 Å². The first-order valence-electron chi connectivity index (χ1n) is 38.0. The summed E-state index contributed by atoms with van der Waals surface area (Å²) in [5.41, 5.74) is 2.38. The maximum Gasteiger partial charge on any atom is 0.317 e. The molecule has 38 nitrogen and oxygen atoms in total. The van der Waals surface area contributed by atoms with E-state index in [1.54, 1.807) is 69.2 Å². The normalized spacial score (nSPS) is 18.9. The highest BCUT2D eigenvalue weighted by Crippen LogP contribution is 2.25. The SMILES string of the molecule is CC(C(=O)NCC(=O)NCC(NC(=O)CNC(=O)C(C)N1CCN(CC(=O)O)CCN(CC(=O)O)CCN(CC(=O)O)CC1)C(=O)NCCCc1ccc(C#Cc2cncc([C@H](CC(=O)O)NC(=O)[C@@H]3CCCN(C(=O)CCC4CCNCC4)C3)c2)cc1)N1CCN(CC(=O)O)CCN(CC(=O)O)CCN(CC(=O)O)CC1. The molecule has 0 aliphatic carbocycles. The van der Waals surface area contributed by atoms with Crippen molar-refractivity contribution in [2.75, 3.05) is 196 Å². The summed E-state index contributed by atoms with van der Waals surface area (Å²) >= 11 is 0. The van der Waals surface area contributed by atoms with Crippen molar-refractivity contribution in [1.82, 2.24) is 86.3 Å². The molecule has 38 heteroatoms. The van der Waals surface area contributed by atoms with Crippen molar-refractivity contribution < 1.29 is 103 Å². The van der Waals surface area contributed by atoms with Gasteiger partial charge in [0.15, 0.2) is 0 Å². The van der Waals surface area contributed by atoms with E-state index in [-0.39, 0.29) is 143 Å².